The minimum absolute atomic E-state index is 0.316. The Morgan fingerprint density at radius 3 is 2.73 bits per heavy atom. The summed E-state index contributed by atoms with van der Waals surface area (Å²) in [5.74, 6) is 0.316. The number of halogens is 2. The van der Waals surface area contributed by atoms with Gasteiger partial charge in [0.2, 0.25) is 0 Å². The summed E-state index contributed by atoms with van der Waals surface area (Å²) in [4.78, 5) is 0. The lowest BCUT2D eigenvalue weighted by Crippen LogP contribution is -2.22. The van der Waals surface area contributed by atoms with Crippen LogP contribution in [0.1, 0.15) is 0 Å². The molecule has 0 saturated heterocycles. The summed E-state index contributed by atoms with van der Waals surface area (Å²) >= 11 is 11.9. The van der Waals surface area contributed by atoms with Gasteiger partial charge in [-0.25, -0.2) is 0 Å². The topological polar surface area (TPSA) is 0 Å². The first-order valence-corrected chi connectivity index (χ1v) is 5.57. The second-order valence-electron chi connectivity index (χ2n) is 3.76. The van der Waals surface area contributed by atoms with Crippen LogP contribution in [-0.4, -0.2) is 0 Å². The monoisotopic (exact) mass is 234 g/mol. The molecule has 3 rings (SSSR count). The molecule has 15 heavy (non-hydrogen) atoms. The standard InChI is InChI=1S/C13H8Cl2/c14-10-1-3-12-8(6-10)5-9-7-11(15)2-4-13(9)12/h1-8H/t8-/m0/s1. The molecule has 74 valence electrons. The largest absolute Gasteiger partial charge is 0.0847 e. The maximum Gasteiger partial charge on any atom is 0.0412 e. The van der Waals surface area contributed by atoms with E-state index in [1.54, 1.807) is 0 Å². The summed E-state index contributed by atoms with van der Waals surface area (Å²) in [5.41, 5.74) is 1.31. The van der Waals surface area contributed by atoms with E-state index in [0.717, 1.165) is 10.1 Å². The number of allylic oxidation sites excluding steroid dienone is 4. The van der Waals surface area contributed by atoms with Crippen molar-refractivity contribution >= 4 is 34.9 Å². The second-order valence-corrected chi connectivity index (χ2v) is 4.64. The third-order valence-corrected chi connectivity index (χ3v) is 3.29. The van der Waals surface area contributed by atoms with Crippen LogP contribution in [0, 0.1) is 5.92 Å². The van der Waals surface area contributed by atoms with Gasteiger partial charge in [-0.3, -0.25) is 0 Å². The van der Waals surface area contributed by atoms with Crippen molar-refractivity contribution in [2.45, 2.75) is 0 Å². The Labute approximate surface area is 97.8 Å². The summed E-state index contributed by atoms with van der Waals surface area (Å²) in [6, 6.07) is 6.00. The van der Waals surface area contributed by atoms with Gasteiger partial charge in [0, 0.05) is 16.0 Å². The smallest absolute Gasteiger partial charge is 0.0412 e. The number of hydrogen-bond acceptors (Lipinski definition) is 0. The van der Waals surface area contributed by atoms with Gasteiger partial charge in [0.15, 0.2) is 0 Å². The average Bonchev–Trinajstić information content (AvgIpc) is 2.53. The van der Waals surface area contributed by atoms with Gasteiger partial charge >= 0.3 is 0 Å². The van der Waals surface area contributed by atoms with Crippen molar-refractivity contribution in [1.82, 2.24) is 0 Å². The Hall–Kier alpha value is -0.980. The molecule has 1 aromatic carbocycles. The summed E-state index contributed by atoms with van der Waals surface area (Å²) in [6.07, 6.45) is 8.28. The van der Waals surface area contributed by atoms with Crippen molar-refractivity contribution in [3.63, 3.8) is 0 Å². The van der Waals surface area contributed by atoms with Gasteiger partial charge in [-0.15, -0.1) is 0 Å². The molecule has 0 spiro atoms. The van der Waals surface area contributed by atoms with Crippen LogP contribution in [0.15, 0.2) is 41.5 Å². The van der Waals surface area contributed by atoms with E-state index >= 15 is 0 Å². The van der Waals surface area contributed by atoms with E-state index in [-0.39, 0.29) is 0 Å². The van der Waals surface area contributed by atoms with Crippen LogP contribution >= 0.6 is 23.2 Å². The lowest BCUT2D eigenvalue weighted by Gasteiger charge is -2.10. The lowest BCUT2D eigenvalue weighted by atomic mass is 9.97. The highest BCUT2D eigenvalue weighted by atomic mass is 35.5. The molecule has 0 saturated carbocycles. The fourth-order valence-electron chi connectivity index (χ4n) is 2.13. The number of rotatable bonds is 0. The van der Waals surface area contributed by atoms with Crippen LogP contribution in [-0.2, 0) is 0 Å². The Balaban J connectivity index is 2.34. The maximum absolute atomic E-state index is 5.97. The van der Waals surface area contributed by atoms with Gasteiger partial charge in [0.25, 0.3) is 0 Å². The molecule has 2 heteroatoms. The maximum atomic E-state index is 5.97. The average molecular weight is 235 g/mol. The zero-order valence-electron chi connectivity index (χ0n) is 7.87. The highest BCUT2D eigenvalue weighted by Gasteiger charge is 2.16. The number of fused-ring (bicyclic) bond motifs is 2. The highest BCUT2D eigenvalue weighted by molar-refractivity contribution is 6.31. The molecule has 0 bridgehead atoms. The van der Waals surface area contributed by atoms with Gasteiger partial charge in [0.1, 0.15) is 0 Å². The SMILES string of the molecule is ClC1=C[C@@H]2C=c3cc(Cl)ccc3=C2C=C1. The first-order valence-electron chi connectivity index (χ1n) is 4.81. The fourth-order valence-corrected chi connectivity index (χ4v) is 2.51. The highest BCUT2D eigenvalue weighted by Crippen LogP contribution is 2.27. The van der Waals surface area contributed by atoms with Gasteiger partial charge in [-0.2, -0.15) is 0 Å². The summed E-state index contributed by atoms with van der Waals surface area (Å²) in [6.45, 7) is 0. The Kier molecular flexibility index (Phi) is 2.01. The molecular formula is C13H8Cl2. The van der Waals surface area contributed by atoms with E-state index in [2.05, 4.69) is 24.3 Å². The van der Waals surface area contributed by atoms with E-state index in [1.165, 1.54) is 16.0 Å². The molecule has 0 unspecified atom stereocenters. The second kappa shape index (κ2) is 3.26. The van der Waals surface area contributed by atoms with Gasteiger partial charge in [0.05, 0.1) is 0 Å². The normalized spacial score (nSPS) is 21.9. The number of benzene rings is 1. The van der Waals surface area contributed by atoms with Crippen LogP contribution < -0.4 is 10.4 Å². The van der Waals surface area contributed by atoms with Crippen molar-refractivity contribution < 1.29 is 0 Å². The van der Waals surface area contributed by atoms with Crippen molar-refractivity contribution in [2.24, 2.45) is 5.92 Å². The van der Waals surface area contributed by atoms with Crippen molar-refractivity contribution in [1.29, 1.82) is 0 Å². The summed E-state index contributed by atoms with van der Waals surface area (Å²) in [5, 5.41) is 4.05. The van der Waals surface area contributed by atoms with Gasteiger partial charge in [-0.1, -0.05) is 47.5 Å². The third-order valence-electron chi connectivity index (χ3n) is 2.80. The van der Waals surface area contributed by atoms with Crippen molar-refractivity contribution in [2.75, 3.05) is 0 Å². The molecule has 0 N–H and O–H groups in total. The molecule has 0 fully saturated rings. The van der Waals surface area contributed by atoms with E-state index in [9.17, 15) is 0 Å². The zero-order chi connectivity index (χ0) is 10.4. The predicted molar refractivity (Wildman–Crippen MR) is 65.1 cm³/mol. The van der Waals surface area contributed by atoms with E-state index in [0.29, 0.717) is 5.92 Å². The first-order chi connectivity index (χ1) is 7.24. The summed E-state index contributed by atoms with van der Waals surface area (Å²) < 4.78 is 0. The molecule has 0 aromatic heterocycles. The Bertz CT molecular complexity index is 606. The molecule has 2 aliphatic rings. The van der Waals surface area contributed by atoms with E-state index < -0.39 is 0 Å². The molecule has 0 heterocycles. The van der Waals surface area contributed by atoms with E-state index in [1.807, 2.05) is 18.2 Å². The van der Waals surface area contributed by atoms with E-state index in [4.69, 9.17) is 23.2 Å². The minimum Gasteiger partial charge on any atom is -0.0847 e. The lowest BCUT2D eigenvalue weighted by molar-refractivity contribution is 1.17. The molecular weight excluding hydrogens is 227 g/mol. The molecule has 1 aromatic rings. The quantitative estimate of drug-likeness (QED) is 0.648. The minimum atomic E-state index is 0.316. The van der Waals surface area contributed by atoms with Gasteiger partial charge < -0.3 is 0 Å². The van der Waals surface area contributed by atoms with Crippen LogP contribution in [0.2, 0.25) is 5.02 Å². The molecule has 0 aliphatic heterocycles. The fraction of sp³-hybridized carbons (Fsp3) is 0.0769. The molecule has 0 radical (unpaired) electrons. The van der Waals surface area contributed by atoms with Crippen molar-refractivity contribution in [3.05, 3.63) is 56.9 Å². The Morgan fingerprint density at radius 2 is 1.87 bits per heavy atom. The van der Waals surface area contributed by atoms with Gasteiger partial charge in [-0.05, 0) is 34.2 Å². The molecule has 2 aliphatic carbocycles. The molecule has 0 amide bonds. The first kappa shape index (κ1) is 9.26. The molecule has 1 atom stereocenters. The Morgan fingerprint density at radius 1 is 1.00 bits per heavy atom. The predicted octanol–water partition coefficient (Wildman–Crippen LogP) is 2.59. The zero-order valence-corrected chi connectivity index (χ0v) is 9.39. The number of hydrogen-bond donors (Lipinski definition) is 0. The third kappa shape index (κ3) is 1.45. The molecule has 0 nitrogen and oxygen atoms in total. The van der Waals surface area contributed by atoms with Crippen LogP contribution in [0.3, 0.4) is 0 Å². The van der Waals surface area contributed by atoms with Crippen LogP contribution in [0.4, 0.5) is 0 Å². The van der Waals surface area contributed by atoms with Crippen molar-refractivity contribution in [3.8, 4) is 0 Å². The van der Waals surface area contributed by atoms with Crippen LogP contribution in [0.5, 0.6) is 0 Å². The van der Waals surface area contributed by atoms with Crippen LogP contribution in [0.25, 0.3) is 11.6 Å². The summed E-state index contributed by atoms with van der Waals surface area (Å²) in [7, 11) is 0.